The number of hydrogen-bond donors (Lipinski definition) is 1. The predicted molar refractivity (Wildman–Crippen MR) is 97.2 cm³/mol. The third-order valence-corrected chi connectivity index (χ3v) is 5.88. The van der Waals surface area contributed by atoms with E-state index in [1.165, 1.54) is 18.5 Å². The zero-order chi connectivity index (χ0) is 19.3. The number of carbonyl (C=O) groups is 1. The van der Waals surface area contributed by atoms with E-state index >= 15 is 0 Å². The molecule has 1 fully saturated rings. The first kappa shape index (κ1) is 20.5. The van der Waals surface area contributed by atoms with E-state index in [0.29, 0.717) is 30.2 Å². The summed E-state index contributed by atoms with van der Waals surface area (Å²) in [4.78, 5) is 12.2. The van der Waals surface area contributed by atoms with Gasteiger partial charge < -0.3 is 19.5 Å². The normalized spacial score (nSPS) is 21.2. The maximum absolute atomic E-state index is 12.5. The Balaban J connectivity index is 1.93. The number of hydrogen-bond acceptors (Lipinski definition) is 6. The van der Waals surface area contributed by atoms with Gasteiger partial charge in [0.05, 0.1) is 32.2 Å². The van der Waals surface area contributed by atoms with Crippen molar-refractivity contribution in [1.82, 2.24) is 9.62 Å². The molecular weight excluding hydrogens is 360 g/mol. The summed E-state index contributed by atoms with van der Waals surface area (Å²) in [7, 11) is -0.464. The topological polar surface area (TPSA) is 94.2 Å². The minimum Gasteiger partial charge on any atom is -0.493 e. The number of methoxy groups -OCH3 is 2. The first-order valence-electron chi connectivity index (χ1n) is 8.40. The van der Waals surface area contributed by atoms with Gasteiger partial charge in [-0.15, -0.1) is 0 Å². The lowest BCUT2D eigenvalue weighted by Crippen LogP contribution is -2.49. The summed E-state index contributed by atoms with van der Waals surface area (Å²) in [6.45, 7) is 4.37. The summed E-state index contributed by atoms with van der Waals surface area (Å²) in [5.74, 6) is 0.418. The Morgan fingerprint density at radius 2 is 1.81 bits per heavy atom. The van der Waals surface area contributed by atoms with Gasteiger partial charge in [0.2, 0.25) is 10.0 Å². The lowest BCUT2D eigenvalue weighted by Gasteiger charge is -2.34. The summed E-state index contributed by atoms with van der Waals surface area (Å²) < 4.78 is 42.2. The largest absolute Gasteiger partial charge is 0.493 e. The molecule has 8 nitrogen and oxygen atoms in total. The van der Waals surface area contributed by atoms with Crippen LogP contribution in [0.1, 0.15) is 24.2 Å². The second-order valence-electron chi connectivity index (χ2n) is 6.22. The molecule has 1 aliphatic heterocycles. The number of rotatable bonds is 7. The number of ether oxygens (including phenoxy) is 3. The summed E-state index contributed by atoms with van der Waals surface area (Å²) in [6.07, 6.45) is -0.287. The van der Waals surface area contributed by atoms with Crippen molar-refractivity contribution in [2.75, 3.05) is 39.6 Å². The molecule has 0 spiro atoms. The Bertz CT molecular complexity index is 727. The maximum atomic E-state index is 12.5. The van der Waals surface area contributed by atoms with Crippen molar-refractivity contribution in [2.45, 2.75) is 26.1 Å². The van der Waals surface area contributed by atoms with Gasteiger partial charge in [0, 0.05) is 25.2 Å². The van der Waals surface area contributed by atoms with E-state index < -0.39 is 10.0 Å². The number of benzene rings is 1. The van der Waals surface area contributed by atoms with Gasteiger partial charge >= 0.3 is 0 Å². The fourth-order valence-corrected chi connectivity index (χ4v) is 4.35. The van der Waals surface area contributed by atoms with Gasteiger partial charge in [0.1, 0.15) is 0 Å². The molecule has 0 aromatic heterocycles. The van der Waals surface area contributed by atoms with Crippen molar-refractivity contribution in [1.29, 1.82) is 0 Å². The second-order valence-corrected chi connectivity index (χ2v) is 8.30. The summed E-state index contributed by atoms with van der Waals surface area (Å²) >= 11 is 0. The van der Waals surface area contributed by atoms with E-state index in [1.54, 1.807) is 18.2 Å². The molecule has 0 saturated carbocycles. The molecule has 2 rings (SSSR count). The first-order valence-corrected chi connectivity index (χ1v) is 10.0. The Morgan fingerprint density at radius 3 is 2.38 bits per heavy atom. The van der Waals surface area contributed by atoms with Crippen LogP contribution in [0.15, 0.2) is 18.2 Å². The number of sulfonamides is 1. The van der Waals surface area contributed by atoms with E-state index in [4.69, 9.17) is 14.2 Å². The van der Waals surface area contributed by atoms with Crippen LogP contribution in [0.4, 0.5) is 0 Å². The van der Waals surface area contributed by atoms with E-state index in [0.717, 1.165) is 0 Å². The molecule has 146 valence electrons. The Labute approximate surface area is 154 Å². The lowest BCUT2D eigenvalue weighted by molar-refractivity contribution is -0.0440. The minimum atomic E-state index is -3.46. The second kappa shape index (κ2) is 8.70. The molecular formula is C17H26N2O6S. The number of amides is 1. The van der Waals surface area contributed by atoms with E-state index in [9.17, 15) is 13.2 Å². The predicted octanol–water partition coefficient (Wildman–Crippen LogP) is 0.873. The quantitative estimate of drug-likeness (QED) is 0.747. The van der Waals surface area contributed by atoms with Crippen molar-refractivity contribution in [2.24, 2.45) is 0 Å². The van der Waals surface area contributed by atoms with E-state index in [-0.39, 0.29) is 30.4 Å². The van der Waals surface area contributed by atoms with Gasteiger partial charge in [-0.3, -0.25) is 4.79 Å². The number of nitrogens with one attached hydrogen (secondary N) is 1. The highest BCUT2D eigenvalue weighted by molar-refractivity contribution is 7.89. The average molecular weight is 386 g/mol. The standard InChI is InChI=1S/C17H26N2O6S/c1-12-10-19(11-13(2)25-12)26(21,22)8-7-18-17(20)14-5-6-15(23-3)16(9-14)24-4/h5-6,9,12-13H,7-8,10-11H2,1-4H3,(H,18,20)/t12-,13-/m0/s1. The maximum Gasteiger partial charge on any atom is 0.251 e. The fourth-order valence-electron chi connectivity index (χ4n) is 2.86. The smallest absolute Gasteiger partial charge is 0.251 e. The molecule has 1 N–H and O–H groups in total. The van der Waals surface area contributed by atoms with Gasteiger partial charge in [-0.25, -0.2) is 8.42 Å². The van der Waals surface area contributed by atoms with Crippen LogP contribution >= 0.6 is 0 Å². The molecule has 0 radical (unpaired) electrons. The van der Waals surface area contributed by atoms with Crippen LogP contribution in [0.25, 0.3) is 0 Å². The molecule has 2 atom stereocenters. The summed E-state index contributed by atoms with van der Waals surface area (Å²) in [5, 5.41) is 2.63. The van der Waals surface area contributed by atoms with Gasteiger partial charge in [0.25, 0.3) is 5.91 Å². The van der Waals surface area contributed by atoms with Gasteiger partial charge in [-0.1, -0.05) is 0 Å². The molecule has 26 heavy (non-hydrogen) atoms. The van der Waals surface area contributed by atoms with Gasteiger partial charge in [-0.2, -0.15) is 4.31 Å². The average Bonchev–Trinajstić information content (AvgIpc) is 2.60. The zero-order valence-electron chi connectivity index (χ0n) is 15.5. The summed E-state index contributed by atoms with van der Waals surface area (Å²) in [5.41, 5.74) is 0.369. The fraction of sp³-hybridized carbons (Fsp3) is 0.588. The van der Waals surface area contributed by atoms with Crippen molar-refractivity contribution in [3.8, 4) is 11.5 Å². The van der Waals surface area contributed by atoms with Crippen molar-refractivity contribution >= 4 is 15.9 Å². The lowest BCUT2D eigenvalue weighted by atomic mass is 10.2. The molecule has 1 saturated heterocycles. The zero-order valence-corrected chi connectivity index (χ0v) is 16.3. The van der Waals surface area contributed by atoms with E-state index in [2.05, 4.69) is 5.32 Å². The SMILES string of the molecule is COc1ccc(C(=O)NCCS(=O)(=O)N2C[C@H](C)O[C@@H](C)C2)cc1OC. The third-order valence-electron chi connectivity index (χ3n) is 4.07. The van der Waals surface area contributed by atoms with E-state index in [1.807, 2.05) is 13.8 Å². The first-order chi connectivity index (χ1) is 12.3. The monoisotopic (exact) mass is 386 g/mol. The molecule has 9 heteroatoms. The Hall–Kier alpha value is -1.84. The highest BCUT2D eigenvalue weighted by Crippen LogP contribution is 2.27. The minimum absolute atomic E-state index is 0.0234. The Kier molecular flexibility index (Phi) is 6.85. The molecule has 1 aromatic carbocycles. The van der Waals surface area contributed by atoms with Crippen molar-refractivity contribution in [3.63, 3.8) is 0 Å². The van der Waals surface area contributed by atoms with Gasteiger partial charge in [0.15, 0.2) is 11.5 Å². The number of nitrogens with zero attached hydrogens (tertiary/aromatic N) is 1. The van der Waals surface area contributed by atoms with Gasteiger partial charge in [-0.05, 0) is 32.0 Å². The van der Waals surface area contributed by atoms with Crippen molar-refractivity contribution < 1.29 is 27.4 Å². The van der Waals surface area contributed by atoms with Crippen LogP contribution < -0.4 is 14.8 Å². The number of morpholine rings is 1. The summed E-state index contributed by atoms with van der Waals surface area (Å²) in [6, 6.07) is 4.77. The van der Waals surface area contributed by atoms with Crippen LogP contribution in [0.2, 0.25) is 0 Å². The molecule has 0 bridgehead atoms. The van der Waals surface area contributed by atoms with Crippen LogP contribution in [-0.2, 0) is 14.8 Å². The molecule has 1 heterocycles. The van der Waals surface area contributed by atoms with Crippen LogP contribution in [0, 0.1) is 0 Å². The van der Waals surface area contributed by atoms with Crippen LogP contribution in [-0.4, -0.2) is 70.4 Å². The highest BCUT2D eigenvalue weighted by Gasteiger charge is 2.30. The highest BCUT2D eigenvalue weighted by atomic mass is 32.2. The number of carbonyl (C=O) groups excluding carboxylic acids is 1. The Morgan fingerprint density at radius 1 is 1.19 bits per heavy atom. The van der Waals surface area contributed by atoms with Crippen molar-refractivity contribution in [3.05, 3.63) is 23.8 Å². The molecule has 0 aliphatic carbocycles. The molecule has 1 aromatic rings. The van der Waals surface area contributed by atoms with Crippen LogP contribution in [0.3, 0.4) is 0 Å². The third kappa shape index (κ3) is 5.09. The van der Waals surface area contributed by atoms with Crippen LogP contribution in [0.5, 0.6) is 11.5 Å². The molecule has 1 aliphatic rings. The molecule has 1 amide bonds. The molecule has 0 unspecified atom stereocenters.